The monoisotopic (exact) mass is 412 g/mol. The average molecular weight is 412 g/mol. The number of rotatable bonds is 6. The van der Waals surface area contributed by atoms with Gasteiger partial charge in [0.2, 0.25) is 0 Å². The van der Waals surface area contributed by atoms with Gasteiger partial charge in [-0.25, -0.2) is 13.8 Å². The zero-order valence-corrected chi connectivity index (χ0v) is 16.8. The van der Waals surface area contributed by atoms with Gasteiger partial charge >= 0.3 is 0 Å². The molecule has 0 radical (unpaired) electrons. The van der Waals surface area contributed by atoms with Gasteiger partial charge in [0.15, 0.2) is 5.82 Å². The van der Waals surface area contributed by atoms with E-state index in [-0.39, 0.29) is 11.7 Å². The fourth-order valence-electron chi connectivity index (χ4n) is 3.87. The average Bonchev–Trinajstić information content (AvgIpc) is 3.02. The first-order chi connectivity index (χ1) is 14.6. The van der Waals surface area contributed by atoms with E-state index < -0.39 is 6.43 Å². The molecule has 1 aromatic heterocycles. The number of nitrogens with zero attached hydrogens (tertiary/aromatic N) is 2. The molecule has 2 N–H and O–H groups in total. The summed E-state index contributed by atoms with van der Waals surface area (Å²) in [5, 5.41) is 2.89. The number of benzene rings is 2. The Balaban J connectivity index is 1.33. The number of hydrogen-bond acceptors (Lipinski definition) is 3. The smallest absolute Gasteiger partial charge is 0.295 e. The molecule has 0 atom stereocenters. The van der Waals surface area contributed by atoms with Crippen molar-refractivity contribution >= 4 is 16.9 Å². The van der Waals surface area contributed by atoms with Crippen molar-refractivity contribution in [1.82, 2.24) is 20.2 Å². The maximum atomic E-state index is 12.8. The number of halogens is 2. The van der Waals surface area contributed by atoms with Crippen LogP contribution in [0.25, 0.3) is 11.0 Å². The number of hydrogen-bond donors (Lipinski definition) is 2. The largest absolute Gasteiger partial charge is 0.348 e. The minimum absolute atomic E-state index is 0.251. The lowest BCUT2D eigenvalue weighted by Crippen LogP contribution is -2.24. The van der Waals surface area contributed by atoms with E-state index in [4.69, 9.17) is 0 Å². The second-order valence-electron chi connectivity index (χ2n) is 7.84. The Morgan fingerprint density at radius 3 is 2.43 bits per heavy atom. The van der Waals surface area contributed by atoms with E-state index in [1.807, 2.05) is 12.1 Å². The zero-order chi connectivity index (χ0) is 20.9. The Labute approximate surface area is 174 Å². The highest BCUT2D eigenvalue weighted by Gasteiger charge is 2.14. The molecule has 2 heterocycles. The predicted molar refractivity (Wildman–Crippen MR) is 112 cm³/mol. The fraction of sp³-hybridized carbons (Fsp3) is 0.391. The highest BCUT2D eigenvalue weighted by molar-refractivity contribution is 5.97. The van der Waals surface area contributed by atoms with Crippen molar-refractivity contribution in [2.75, 3.05) is 13.1 Å². The van der Waals surface area contributed by atoms with Crippen molar-refractivity contribution in [3.8, 4) is 0 Å². The third kappa shape index (κ3) is 5.02. The van der Waals surface area contributed by atoms with Crippen LogP contribution in [0, 0.1) is 0 Å². The van der Waals surface area contributed by atoms with Crippen molar-refractivity contribution in [3.63, 3.8) is 0 Å². The lowest BCUT2D eigenvalue weighted by atomic mass is 10.1. The van der Waals surface area contributed by atoms with Crippen molar-refractivity contribution in [2.24, 2.45) is 0 Å². The molecule has 0 aliphatic carbocycles. The van der Waals surface area contributed by atoms with E-state index in [0.717, 1.165) is 25.2 Å². The lowest BCUT2D eigenvalue weighted by molar-refractivity contribution is 0.0951. The molecule has 0 unspecified atom stereocenters. The normalized spacial score (nSPS) is 15.4. The molecule has 7 heteroatoms. The van der Waals surface area contributed by atoms with Crippen LogP contribution in [-0.4, -0.2) is 33.9 Å². The maximum absolute atomic E-state index is 12.8. The fourth-order valence-corrected chi connectivity index (χ4v) is 3.87. The van der Waals surface area contributed by atoms with Gasteiger partial charge in [-0.1, -0.05) is 37.1 Å². The Kier molecular flexibility index (Phi) is 6.38. The van der Waals surface area contributed by atoms with Crippen molar-refractivity contribution in [1.29, 1.82) is 0 Å². The highest BCUT2D eigenvalue weighted by Crippen LogP contribution is 2.21. The number of H-pyrrole nitrogens is 1. The summed E-state index contributed by atoms with van der Waals surface area (Å²) in [6.45, 7) is 3.71. The summed E-state index contributed by atoms with van der Waals surface area (Å²) < 4.78 is 25.5. The predicted octanol–water partition coefficient (Wildman–Crippen LogP) is 4.81. The molecule has 0 bridgehead atoms. The molecule has 2 aromatic carbocycles. The number of aromatic nitrogens is 2. The Hall–Kier alpha value is -2.80. The van der Waals surface area contributed by atoms with Crippen LogP contribution in [0.2, 0.25) is 0 Å². The molecule has 30 heavy (non-hydrogen) atoms. The highest BCUT2D eigenvalue weighted by atomic mass is 19.3. The van der Waals surface area contributed by atoms with E-state index in [2.05, 4.69) is 32.3 Å². The summed E-state index contributed by atoms with van der Waals surface area (Å²) in [4.78, 5) is 21.4. The molecule has 5 nitrogen and oxygen atoms in total. The Morgan fingerprint density at radius 1 is 1.03 bits per heavy atom. The minimum Gasteiger partial charge on any atom is -0.348 e. The summed E-state index contributed by atoms with van der Waals surface area (Å²) >= 11 is 0. The van der Waals surface area contributed by atoms with Gasteiger partial charge in [0.05, 0.1) is 11.0 Å². The van der Waals surface area contributed by atoms with E-state index in [9.17, 15) is 13.6 Å². The van der Waals surface area contributed by atoms with E-state index in [1.54, 1.807) is 18.2 Å². The molecular weight excluding hydrogens is 386 g/mol. The van der Waals surface area contributed by atoms with Gasteiger partial charge in [0, 0.05) is 18.7 Å². The molecule has 0 spiro atoms. The lowest BCUT2D eigenvalue weighted by Gasteiger charge is -2.19. The van der Waals surface area contributed by atoms with Gasteiger partial charge < -0.3 is 10.3 Å². The van der Waals surface area contributed by atoms with Crippen LogP contribution in [-0.2, 0) is 13.1 Å². The number of carbonyl (C=O) groups is 1. The van der Waals surface area contributed by atoms with Crippen molar-refractivity contribution in [3.05, 3.63) is 65.0 Å². The first kappa shape index (κ1) is 20.5. The number of alkyl halides is 2. The summed E-state index contributed by atoms with van der Waals surface area (Å²) in [6.07, 6.45) is 2.54. The van der Waals surface area contributed by atoms with Crippen molar-refractivity contribution < 1.29 is 13.6 Å². The number of aromatic amines is 1. The van der Waals surface area contributed by atoms with Crippen LogP contribution in [0.4, 0.5) is 8.78 Å². The topological polar surface area (TPSA) is 61.0 Å². The molecule has 158 valence electrons. The first-order valence-corrected chi connectivity index (χ1v) is 10.4. The SMILES string of the molecule is O=C(NCc1ccc(CN2CCCCCC2)cc1)c1ccc2nc(C(F)F)[nH]c2c1. The van der Waals surface area contributed by atoms with Crippen molar-refractivity contribution in [2.45, 2.75) is 45.2 Å². The second-order valence-corrected chi connectivity index (χ2v) is 7.84. The second kappa shape index (κ2) is 9.34. The number of amides is 1. The molecule has 1 amide bonds. The van der Waals surface area contributed by atoms with Gasteiger partial charge in [-0.15, -0.1) is 0 Å². The number of carbonyl (C=O) groups excluding carboxylic acids is 1. The molecule has 0 saturated carbocycles. The third-order valence-corrected chi connectivity index (χ3v) is 5.55. The minimum atomic E-state index is -2.67. The van der Waals surface area contributed by atoms with Crippen LogP contribution in [0.5, 0.6) is 0 Å². The Bertz CT molecular complexity index is 992. The van der Waals surface area contributed by atoms with Gasteiger partial charge in [-0.2, -0.15) is 0 Å². The van der Waals surface area contributed by atoms with E-state index >= 15 is 0 Å². The van der Waals surface area contributed by atoms with Gasteiger partial charge in [0.1, 0.15) is 0 Å². The van der Waals surface area contributed by atoms with E-state index in [0.29, 0.717) is 23.1 Å². The zero-order valence-electron chi connectivity index (χ0n) is 16.8. The summed E-state index contributed by atoms with van der Waals surface area (Å²) in [7, 11) is 0. The van der Waals surface area contributed by atoms with Crippen LogP contribution in [0.3, 0.4) is 0 Å². The van der Waals surface area contributed by atoms with Crippen LogP contribution < -0.4 is 5.32 Å². The molecule has 1 aliphatic heterocycles. The quantitative estimate of drug-likeness (QED) is 0.611. The molecule has 4 rings (SSSR count). The summed E-state index contributed by atoms with van der Waals surface area (Å²) in [5.74, 6) is -0.637. The van der Waals surface area contributed by atoms with E-state index in [1.165, 1.54) is 31.2 Å². The van der Waals surface area contributed by atoms with Crippen LogP contribution >= 0.6 is 0 Å². The standard InChI is InChI=1S/C23H26F2N4O/c24-21(25)22-27-19-10-9-18(13-20(19)28-22)23(30)26-14-16-5-7-17(8-6-16)15-29-11-3-1-2-4-12-29/h5-10,13,21H,1-4,11-12,14-15H2,(H,26,30)(H,27,28). The molecule has 3 aromatic rings. The molecule has 1 aliphatic rings. The molecule has 1 fully saturated rings. The number of nitrogens with one attached hydrogen (secondary N) is 2. The number of imidazole rings is 1. The summed E-state index contributed by atoms with van der Waals surface area (Å²) in [6, 6.07) is 13.0. The molecular formula is C23H26F2N4O. The number of likely N-dealkylation sites (tertiary alicyclic amines) is 1. The van der Waals surface area contributed by atoms with Crippen LogP contribution in [0.1, 0.15) is 59.4 Å². The summed E-state index contributed by atoms with van der Waals surface area (Å²) in [5.41, 5.74) is 3.56. The van der Waals surface area contributed by atoms with Gasteiger partial charge in [-0.3, -0.25) is 9.69 Å². The third-order valence-electron chi connectivity index (χ3n) is 5.55. The van der Waals surface area contributed by atoms with Gasteiger partial charge in [0.25, 0.3) is 12.3 Å². The first-order valence-electron chi connectivity index (χ1n) is 10.4. The Morgan fingerprint density at radius 2 is 1.73 bits per heavy atom. The van der Waals surface area contributed by atoms with Gasteiger partial charge in [-0.05, 0) is 55.3 Å². The van der Waals surface area contributed by atoms with Crippen LogP contribution in [0.15, 0.2) is 42.5 Å². The maximum Gasteiger partial charge on any atom is 0.295 e. The number of fused-ring (bicyclic) bond motifs is 1. The molecule has 1 saturated heterocycles.